The van der Waals surface area contributed by atoms with Gasteiger partial charge in [-0.3, -0.25) is 9.69 Å². The highest BCUT2D eigenvalue weighted by atomic mass is 32.2. The van der Waals surface area contributed by atoms with Gasteiger partial charge in [0.2, 0.25) is 15.9 Å². The molecule has 1 aliphatic rings. The maximum Gasteiger partial charge on any atom is 0.243 e. The van der Waals surface area contributed by atoms with Gasteiger partial charge in [0, 0.05) is 39.1 Å². The van der Waals surface area contributed by atoms with Crippen LogP contribution in [-0.4, -0.2) is 56.3 Å². The van der Waals surface area contributed by atoms with E-state index in [0.29, 0.717) is 44.7 Å². The lowest BCUT2D eigenvalue weighted by molar-refractivity contribution is -0.121. The van der Waals surface area contributed by atoms with Gasteiger partial charge in [0.25, 0.3) is 0 Å². The monoisotopic (exact) mass is 426 g/mol. The van der Waals surface area contributed by atoms with Gasteiger partial charge in [-0.1, -0.05) is 30.3 Å². The molecule has 0 aliphatic carbocycles. The minimum atomic E-state index is -3.64. The number of rotatable bonds is 4. The predicted octanol–water partition coefficient (Wildman–Crippen LogP) is 1.96. The first-order chi connectivity index (χ1) is 14.5. The fourth-order valence-corrected chi connectivity index (χ4v) is 4.95. The Balaban J connectivity index is 1.71. The van der Waals surface area contributed by atoms with E-state index in [2.05, 4.69) is 16.3 Å². The van der Waals surface area contributed by atoms with Gasteiger partial charge in [-0.25, -0.2) is 8.42 Å². The average molecular weight is 427 g/mol. The van der Waals surface area contributed by atoms with E-state index in [1.807, 2.05) is 12.1 Å². The zero-order valence-electron chi connectivity index (χ0n) is 16.8. The standard InChI is InChI=1S/C22H26N4O3S/c23-17-19-7-9-20(10-8-19)18-25-13-4-14-26(15-11-22(27)24-12-16-25)30(28,29)21-5-2-1-3-6-21/h1-3,5-10H,4,11-16,18H2,(H,24,27). The van der Waals surface area contributed by atoms with Crippen LogP contribution in [0.5, 0.6) is 0 Å². The minimum absolute atomic E-state index is 0.141. The number of nitrogens with one attached hydrogen (secondary N) is 1. The van der Waals surface area contributed by atoms with Crippen molar-refractivity contribution >= 4 is 15.9 Å². The summed E-state index contributed by atoms with van der Waals surface area (Å²) in [6, 6.07) is 17.9. The Bertz CT molecular complexity index is 985. The van der Waals surface area contributed by atoms with E-state index >= 15 is 0 Å². The van der Waals surface area contributed by atoms with E-state index in [1.54, 1.807) is 42.5 Å². The third-order valence-corrected chi connectivity index (χ3v) is 7.00. The van der Waals surface area contributed by atoms with Crippen molar-refractivity contribution in [1.82, 2.24) is 14.5 Å². The van der Waals surface area contributed by atoms with Gasteiger partial charge < -0.3 is 5.32 Å². The lowest BCUT2D eigenvalue weighted by Gasteiger charge is -2.24. The lowest BCUT2D eigenvalue weighted by atomic mass is 10.1. The molecule has 158 valence electrons. The smallest absolute Gasteiger partial charge is 0.243 e. The molecule has 0 spiro atoms. The van der Waals surface area contributed by atoms with Crippen LogP contribution in [0.15, 0.2) is 59.5 Å². The number of sulfonamides is 1. The number of carbonyl (C=O) groups is 1. The van der Waals surface area contributed by atoms with Gasteiger partial charge in [-0.2, -0.15) is 9.57 Å². The van der Waals surface area contributed by atoms with Gasteiger partial charge in [-0.15, -0.1) is 0 Å². The van der Waals surface area contributed by atoms with Crippen LogP contribution in [0.4, 0.5) is 0 Å². The SMILES string of the molecule is N#Cc1ccc(CN2CCCN(S(=O)(=O)c3ccccc3)CCC(=O)NCC2)cc1. The molecule has 1 N–H and O–H groups in total. The summed E-state index contributed by atoms with van der Waals surface area (Å²) in [7, 11) is -3.64. The molecule has 0 aromatic heterocycles. The quantitative estimate of drug-likeness (QED) is 0.807. The second kappa shape index (κ2) is 10.3. The van der Waals surface area contributed by atoms with Crippen molar-refractivity contribution in [1.29, 1.82) is 5.26 Å². The molecule has 1 heterocycles. The number of amides is 1. The zero-order valence-corrected chi connectivity index (χ0v) is 17.6. The van der Waals surface area contributed by atoms with Crippen LogP contribution < -0.4 is 5.32 Å². The summed E-state index contributed by atoms with van der Waals surface area (Å²) in [5.74, 6) is -0.150. The summed E-state index contributed by atoms with van der Waals surface area (Å²) in [5, 5.41) is 11.8. The second-order valence-corrected chi connectivity index (χ2v) is 9.19. The Morgan fingerprint density at radius 2 is 1.70 bits per heavy atom. The van der Waals surface area contributed by atoms with E-state index in [9.17, 15) is 13.2 Å². The van der Waals surface area contributed by atoms with Crippen LogP contribution in [0, 0.1) is 11.3 Å². The summed E-state index contributed by atoms with van der Waals surface area (Å²) in [5.41, 5.74) is 1.69. The molecule has 1 fully saturated rings. The molecule has 1 aliphatic heterocycles. The van der Waals surface area contributed by atoms with E-state index in [4.69, 9.17) is 5.26 Å². The first-order valence-corrected chi connectivity index (χ1v) is 11.5. The van der Waals surface area contributed by atoms with Crippen molar-refractivity contribution in [3.63, 3.8) is 0 Å². The third kappa shape index (κ3) is 5.89. The van der Waals surface area contributed by atoms with Gasteiger partial charge in [-0.05, 0) is 42.8 Å². The Hall–Kier alpha value is -2.73. The third-order valence-electron chi connectivity index (χ3n) is 5.09. The van der Waals surface area contributed by atoms with Crippen molar-refractivity contribution in [2.24, 2.45) is 0 Å². The number of nitrogens with zero attached hydrogens (tertiary/aromatic N) is 3. The summed E-state index contributed by atoms with van der Waals surface area (Å²) in [6.45, 7) is 3.09. The van der Waals surface area contributed by atoms with Crippen LogP contribution in [0.3, 0.4) is 0 Å². The van der Waals surface area contributed by atoms with Crippen LogP contribution in [0.25, 0.3) is 0 Å². The molecule has 7 nitrogen and oxygen atoms in total. The summed E-state index contributed by atoms with van der Waals surface area (Å²) < 4.78 is 27.5. The van der Waals surface area contributed by atoms with Crippen LogP contribution in [0.2, 0.25) is 0 Å². The summed E-state index contributed by atoms with van der Waals surface area (Å²) in [6.07, 6.45) is 0.804. The number of nitriles is 1. The molecule has 0 saturated carbocycles. The van der Waals surface area contributed by atoms with Crippen molar-refractivity contribution in [2.75, 3.05) is 32.7 Å². The minimum Gasteiger partial charge on any atom is -0.355 e. The number of carbonyl (C=O) groups excluding carboxylic acids is 1. The molecule has 1 amide bonds. The van der Waals surface area contributed by atoms with Crippen molar-refractivity contribution in [3.8, 4) is 6.07 Å². The maximum atomic E-state index is 13.0. The van der Waals surface area contributed by atoms with E-state index < -0.39 is 10.0 Å². The van der Waals surface area contributed by atoms with Crippen molar-refractivity contribution in [2.45, 2.75) is 24.3 Å². The first kappa shape index (κ1) is 22.0. The first-order valence-electron chi connectivity index (χ1n) is 10.0. The van der Waals surface area contributed by atoms with Gasteiger partial charge in [0.05, 0.1) is 16.5 Å². The van der Waals surface area contributed by atoms with E-state index in [-0.39, 0.29) is 23.8 Å². The number of hydrogen-bond acceptors (Lipinski definition) is 5. The summed E-state index contributed by atoms with van der Waals surface area (Å²) >= 11 is 0. The van der Waals surface area contributed by atoms with Crippen LogP contribution in [0.1, 0.15) is 24.0 Å². The van der Waals surface area contributed by atoms with E-state index in [0.717, 1.165) is 5.56 Å². The topological polar surface area (TPSA) is 93.5 Å². The zero-order chi connectivity index (χ0) is 21.4. The largest absolute Gasteiger partial charge is 0.355 e. The molecule has 0 bridgehead atoms. The molecule has 2 aromatic rings. The lowest BCUT2D eigenvalue weighted by Crippen LogP contribution is -2.36. The molecule has 3 rings (SSSR count). The van der Waals surface area contributed by atoms with Crippen molar-refractivity contribution < 1.29 is 13.2 Å². The van der Waals surface area contributed by atoms with Crippen molar-refractivity contribution in [3.05, 3.63) is 65.7 Å². The van der Waals surface area contributed by atoms with Crippen LogP contribution >= 0.6 is 0 Å². The second-order valence-electron chi connectivity index (χ2n) is 7.26. The molecule has 2 aromatic carbocycles. The average Bonchev–Trinajstić information content (AvgIpc) is 2.80. The fourth-order valence-electron chi connectivity index (χ4n) is 3.45. The van der Waals surface area contributed by atoms with Crippen LogP contribution in [-0.2, 0) is 21.4 Å². The molecular weight excluding hydrogens is 400 g/mol. The normalized spacial score (nSPS) is 17.5. The highest BCUT2D eigenvalue weighted by Crippen LogP contribution is 2.17. The highest BCUT2D eigenvalue weighted by molar-refractivity contribution is 7.89. The molecule has 1 saturated heterocycles. The molecular formula is C22H26N4O3S. The molecule has 0 atom stereocenters. The highest BCUT2D eigenvalue weighted by Gasteiger charge is 2.25. The fraction of sp³-hybridized carbons (Fsp3) is 0.364. The molecule has 30 heavy (non-hydrogen) atoms. The Morgan fingerprint density at radius 3 is 2.40 bits per heavy atom. The summed E-state index contributed by atoms with van der Waals surface area (Å²) in [4.78, 5) is 14.6. The predicted molar refractivity (Wildman–Crippen MR) is 114 cm³/mol. The number of hydrogen-bond donors (Lipinski definition) is 1. The molecule has 0 unspecified atom stereocenters. The molecule has 0 radical (unpaired) electrons. The number of benzene rings is 2. The maximum absolute atomic E-state index is 13.0. The van der Waals surface area contributed by atoms with Gasteiger partial charge in [0.15, 0.2) is 0 Å². The Labute approximate surface area is 178 Å². The van der Waals surface area contributed by atoms with Gasteiger partial charge >= 0.3 is 0 Å². The van der Waals surface area contributed by atoms with Gasteiger partial charge in [0.1, 0.15) is 0 Å². The Kier molecular flexibility index (Phi) is 7.57. The van der Waals surface area contributed by atoms with E-state index in [1.165, 1.54) is 4.31 Å². The molecule has 8 heteroatoms. The Morgan fingerprint density at radius 1 is 0.967 bits per heavy atom.